The summed E-state index contributed by atoms with van der Waals surface area (Å²) in [5, 5.41) is 4.97. The second-order valence-electron chi connectivity index (χ2n) is 9.89. The van der Waals surface area contributed by atoms with E-state index in [1.165, 1.54) is 4.88 Å². The van der Waals surface area contributed by atoms with Crippen molar-refractivity contribution in [1.82, 2.24) is 15.1 Å². The highest BCUT2D eigenvalue weighted by atomic mass is 32.1. The second-order valence-corrected chi connectivity index (χ2v) is 10.8. The molecule has 1 N–H and O–H groups in total. The predicted octanol–water partition coefficient (Wildman–Crippen LogP) is 4.13. The molecule has 2 aliphatic rings. The molecule has 4 rings (SSSR count). The molecule has 8 heteroatoms. The molecule has 0 bridgehead atoms. The van der Waals surface area contributed by atoms with Gasteiger partial charge in [0.2, 0.25) is 11.8 Å². The zero-order valence-corrected chi connectivity index (χ0v) is 21.9. The first-order chi connectivity index (χ1) is 17.4. The Morgan fingerprint density at radius 2 is 1.89 bits per heavy atom. The Labute approximate surface area is 216 Å². The number of hydrogen-bond acceptors (Lipinski definition) is 5. The van der Waals surface area contributed by atoms with Gasteiger partial charge in [0.1, 0.15) is 6.04 Å². The summed E-state index contributed by atoms with van der Waals surface area (Å²) in [6, 6.07) is 11.0. The molecule has 3 atom stereocenters. The van der Waals surface area contributed by atoms with Crippen molar-refractivity contribution < 1.29 is 19.2 Å². The molecular formula is C28H35N3O4S. The van der Waals surface area contributed by atoms with E-state index < -0.39 is 6.04 Å². The van der Waals surface area contributed by atoms with Crippen molar-refractivity contribution in [3.63, 3.8) is 0 Å². The van der Waals surface area contributed by atoms with Crippen LogP contribution in [0.1, 0.15) is 62.7 Å². The largest absolute Gasteiger partial charge is 0.352 e. The molecule has 192 valence electrons. The van der Waals surface area contributed by atoms with Crippen LogP contribution in [0.5, 0.6) is 0 Å². The van der Waals surface area contributed by atoms with E-state index >= 15 is 0 Å². The van der Waals surface area contributed by atoms with Crippen LogP contribution in [0.4, 0.5) is 0 Å². The molecule has 1 aromatic heterocycles. The first kappa shape index (κ1) is 26.1. The SMILES string of the molecule is CCCCC(=O)N1CC(=O)C2C1CCN2C(=O)CC(C)CCNC(=O)c1ccc(-c2cccs2)cc1. The lowest BCUT2D eigenvalue weighted by Crippen LogP contribution is -2.44. The number of unbranched alkanes of at least 4 members (excludes halogenated alkanes) is 1. The predicted molar refractivity (Wildman–Crippen MR) is 141 cm³/mol. The third kappa shape index (κ3) is 5.86. The van der Waals surface area contributed by atoms with Crippen LogP contribution in [-0.4, -0.2) is 65.0 Å². The highest BCUT2D eigenvalue weighted by Gasteiger charge is 2.50. The standard InChI is InChI=1S/C28H35N3O4S/c1-3-4-7-25(33)31-18-23(32)27-22(31)13-15-30(27)26(34)17-19(2)12-14-29-28(35)21-10-8-20(9-11-21)24-6-5-16-36-24/h5-6,8-11,16,19,22,27H,3-4,7,12-15,17-18H2,1-2H3,(H,29,35). The molecule has 3 amide bonds. The molecular weight excluding hydrogens is 474 g/mol. The minimum absolute atomic E-state index is 0.0252. The van der Waals surface area contributed by atoms with E-state index in [1.54, 1.807) is 21.1 Å². The van der Waals surface area contributed by atoms with Crippen molar-refractivity contribution >= 4 is 34.8 Å². The maximum atomic E-state index is 13.0. The highest BCUT2D eigenvalue weighted by Crippen LogP contribution is 2.31. The third-order valence-electron chi connectivity index (χ3n) is 7.21. The Balaban J connectivity index is 1.22. The Kier molecular flexibility index (Phi) is 8.56. The molecule has 2 saturated heterocycles. The number of likely N-dealkylation sites (tertiary alicyclic amines) is 2. The first-order valence-corrected chi connectivity index (χ1v) is 13.8. The first-order valence-electron chi connectivity index (χ1n) is 12.9. The second kappa shape index (κ2) is 11.8. The van der Waals surface area contributed by atoms with E-state index in [0.717, 1.165) is 18.4 Å². The van der Waals surface area contributed by atoms with Crippen LogP contribution in [0.3, 0.4) is 0 Å². The maximum absolute atomic E-state index is 13.0. The van der Waals surface area contributed by atoms with Crippen LogP contribution >= 0.6 is 11.3 Å². The Morgan fingerprint density at radius 1 is 1.11 bits per heavy atom. The van der Waals surface area contributed by atoms with Gasteiger partial charge >= 0.3 is 0 Å². The van der Waals surface area contributed by atoms with E-state index in [9.17, 15) is 19.2 Å². The quantitative estimate of drug-likeness (QED) is 0.522. The fourth-order valence-corrected chi connectivity index (χ4v) is 5.91. The summed E-state index contributed by atoms with van der Waals surface area (Å²) in [5.74, 6) is -0.102. The van der Waals surface area contributed by atoms with Crippen LogP contribution in [-0.2, 0) is 14.4 Å². The van der Waals surface area contributed by atoms with Gasteiger partial charge in [-0.3, -0.25) is 19.2 Å². The summed E-state index contributed by atoms with van der Waals surface area (Å²) >= 11 is 1.66. The lowest BCUT2D eigenvalue weighted by atomic mass is 10.0. The van der Waals surface area contributed by atoms with E-state index in [1.807, 2.05) is 49.6 Å². The van der Waals surface area contributed by atoms with Crippen molar-refractivity contribution in [2.45, 2.75) is 64.5 Å². The summed E-state index contributed by atoms with van der Waals surface area (Å²) < 4.78 is 0. The number of thiophene rings is 1. The van der Waals surface area contributed by atoms with Gasteiger partial charge in [-0.1, -0.05) is 38.5 Å². The van der Waals surface area contributed by atoms with E-state index in [-0.39, 0.29) is 42.0 Å². The van der Waals surface area contributed by atoms with Crippen molar-refractivity contribution in [3.05, 3.63) is 47.3 Å². The van der Waals surface area contributed by atoms with Crippen molar-refractivity contribution in [3.8, 4) is 10.4 Å². The number of nitrogens with zero attached hydrogens (tertiary/aromatic N) is 2. The van der Waals surface area contributed by atoms with Crippen LogP contribution in [0.15, 0.2) is 41.8 Å². The van der Waals surface area contributed by atoms with Gasteiger partial charge in [-0.25, -0.2) is 0 Å². The summed E-state index contributed by atoms with van der Waals surface area (Å²) in [4.78, 5) is 55.3. The Morgan fingerprint density at radius 3 is 2.58 bits per heavy atom. The van der Waals surface area contributed by atoms with Gasteiger partial charge < -0.3 is 15.1 Å². The monoisotopic (exact) mass is 509 g/mol. The third-order valence-corrected chi connectivity index (χ3v) is 8.12. The lowest BCUT2D eigenvalue weighted by Gasteiger charge is -2.25. The van der Waals surface area contributed by atoms with Crippen LogP contribution < -0.4 is 5.32 Å². The number of carbonyl (C=O) groups is 4. The average Bonchev–Trinajstić information content (AvgIpc) is 3.61. The zero-order valence-electron chi connectivity index (χ0n) is 21.1. The molecule has 7 nitrogen and oxygen atoms in total. The fourth-order valence-electron chi connectivity index (χ4n) is 5.17. The van der Waals surface area contributed by atoms with Crippen LogP contribution in [0.2, 0.25) is 0 Å². The Bertz CT molecular complexity index is 1080. The van der Waals surface area contributed by atoms with Gasteiger partial charge in [0.15, 0.2) is 5.78 Å². The normalized spacial score (nSPS) is 19.9. The van der Waals surface area contributed by atoms with Gasteiger partial charge in [-0.2, -0.15) is 0 Å². The average molecular weight is 510 g/mol. The number of rotatable bonds is 10. The summed E-state index contributed by atoms with van der Waals surface area (Å²) in [5.41, 5.74) is 1.70. The number of hydrogen-bond donors (Lipinski definition) is 1. The molecule has 3 unspecified atom stereocenters. The van der Waals surface area contributed by atoms with Crippen molar-refractivity contribution in [1.29, 1.82) is 0 Å². The highest BCUT2D eigenvalue weighted by molar-refractivity contribution is 7.13. The van der Waals surface area contributed by atoms with Gasteiger partial charge in [-0.05, 0) is 54.3 Å². The lowest BCUT2D eigenvalue weighted by molar-refractivity contribution is -0.137. The number of Topliss-reactive ketones (excluding diaryl/α,β-unsaturated/α-hetero) is 1. The summed E-state index contributed by atoms with van der Waals surface area (Å²) in [6.07, 6.45) is 3.87. The molecule has 2 aliphatic heterocycles. The molecule has 0 aliphatic carbocycles. The molecule has 0 saturated carbocycles. The van der Waals surface area contributed by atoms with Crippen LogP contribution in [0.25, 0.3) is 10.4 Å². The molecule has 0 radical (unpaired) electrons. The Hall–Kier alpha value is -3.00. The molecule has 3 heterocycles. The van der Waals surface area contributed by atoms with E-state index in [4.69, 9.17) is 0 Å². The smallest absolute Gasteiger partial charge is 0.251 e. The van der Waals surface area contributed by atoms with Crippen LogP contribution in [0, 0.1) is 5.92 Å². The number of benzene rings is 1. The van der Waals surface area contributed by atoms with Gasteiger partial charge in [-0.15, -0.1) is 11.3 Å². The van der Waals surface area contributed by atoms with Crippen molar-refractivity contribution in [2.75, 3.05) is 19.6 Å². The van der Waals surface area contributed by atoms with E-state index in [2.05, 4.69) is 11.4 Å². The van der Waals surface area contributed by atoms with Gasteiger partial charge in [0.25, 0.3) is 5.91 Å². The van der Waals surface area contributed by atoms with Gasteiger partial charge in [0.05, 0.1) is 12.6 Å². The number of fused-ring (bicyclic) bond motifs is 1. The number of nitrogens with one attached hydrogen (secondary N) is 1. The van der Waals surface area contributed by atoms with Gasteiger partial charge in [0, 0.05) is 36.4 Å². The van der Waals surface area contributed by atoms with Crippen molar-refractivity contribution in [2.24, 2.45) is 5.92 Å². The van der Waals surface area contributed by atoms with E-state index in [0.29, 0.717) is 44.3 Å². The molecule has 2 aromatic rings. The minimum atomic E-state index is -0.493. The maximum Gasteiger partial charge on any atom is 0.251 e. The zero-order chi connectivity index (χ0) is 25.7. The number of carbonyl (C=O) groups excluding carboxylic acids is 4. The molecule has 36 heavy (non-hydrogen) atoms. The number of amides is 3. The summed E-state index contributed by atoms with van der Waals surface area (Å²) in [6.45, 7) is 5.15. The fraction of sp³-hybridized carbons (Fsp3) is 0.500. The minimum Gasteiger partial charge on any atom is -0.352 e. The molecule has 0 spiro atoms. The molecule has 2 fully saturated rings. The summed E-state index contributed by atoms with van der Waals surface area (Å²) in [7, 11) is 0. The number of ketones is 1. The molecule has 1 aromatic carbocycles. The topological polar surface area (TPSA) is 86.8 Å².